The number of thiazole rings is 1. The molecule has 2 heterocycles. The fourth-order valence-electron chi connectivity index (χ4n) is 4.17. The number of nitrogens with one attached hydrogen (secondary N) is 2. The zero-order chi connectivity index (χ0) is 17.6. The molecule has 5 nitrogen and oxygen atoms in total. The summed E-state index contributed by atoms with van der Waals surface area (Å²) in [4.78, 5) is 13.0. The Bertz CT molecular complexity index is 574. The molecule has 148 valence electrons. The maximum atomic E-state index is 4.50. The molecule has 3 rings (SSSR count). The van der Waals surface area contributed by atoms with Crippen LogP contribution in [0.3, 0.4) is 0 Å². The van der Waals surface area contributed by atoms with Crippen molar-refractivity contribution in [3.63, 3.8) is 0 Å². The van der Waals surface area contributed by atoms with E-state index in [1.54, 1.807) is 11.3 Å². The van der Waals surface area contributed by atoms with Gasteiger partial charge in [0.15, 0.2) is 5.96 Å². The monoisotopic (exact) mass is 491 g/mol. The first-order valence-electron chi connectivity index (χ1n) is 9.80. The van der Waals surface area contributed by atoms with Crippen molar-refractivity contribution < 1.29 is 0 Å². The molecule has 2 fully saturated rings. The van der Waals surface area contributed by atoms with Crippen LogP contribution in [0.4, 0.5) is 0 Å². The zero-order valence-corrected chi connectivity index (χ0v) is 19.5. The van der Waals surface area contributed by atoms with Crippen LogP contribution in [0.5, 0.6) is 0 Å². The zero-order valence-electron chi connectivity index (χ0n) is 16.4. The van der Waals surface area contributed by atoms with Crippen LogP contribution in [0.1, 0.15) is 54.1 Å². The molecule has 26 heavy (non-hydrogen) atoms. The molecule has 1 saturated heterocycles. The SMILES string of the molecule is CN=C(NCCc1sc(C)nc1C)NC1CCN(C2CCCC2)CC1.I. The Morgan fingerprint density at radius 1 is 1.19 bits per heavy atom. The van der Waals surface area contributed by atoms with Crippen molar-refractivity contribution in [2.45, 2.75) is 70.9 Å². The van der Waals surface area contributed by atoms with Gasteiger partial charge in [-0.3, -0.25) is 4.99 Å². The fraction of sp³-hybridized carbons (Fsp3) is 0.789. The summed E-state index contributed by atoms with van der Waals surface area (Å²) in [5, 5.41) is 8.25. The molecule has 1 aliphatic heterocycles. The molecule has 1 aromatic heterocycles. The Balaban J connectivity index is 0.00000243. The third-order valence-electron chi connectivity index (χ3n) is 5.58. The average Bonchev–Trinajstić information content (AvgIpc) is 3.24. The number of aliphatic imine (C=N–C) groups is 1. The molecule has 0 unspecified atom stereocenters. The first kappa shape index (κ1) is 21.9. The minimum absolute atomic E-state index is 0. The van der Waals surface area contributed by atoms with Crippen molar-refractivity contribution in [2.24, 2.45) is 4.99 Å². The first-order valence-corrected chi connectivity index (χ1v) is 10.6. The van der Waals surface area contributed by atoms with Gasteiger partial charge in [0, 0.05) is 50.1 Å². The van der Waals surface area contributed by atoms with Crippen molar-refractivity contribution in [3.05, 3.63) is 15.6 Å². The van der Waals surface area contributed by atoms with Crippen molar-refractivity contribution >= 4 is 41.3 Å². The standard InChI is InChI=1S/C19H33N5S.HI/c1-14-18(25-15(2)22-14)8-11-21-19(20-3)23-16-9-12-24(13-10-16)17-6-4-5-7-17;/h16-17H,4-13H2,1-3H3,(H2,20,21,23);1H. The van der Waals surface area contributed by atoms with E-state index >= 15 is 0 Å². The van der Waals surface area contributed by atoms with Gasteiger partial charge < -0.3 is 15.5 Å². The highest BCUT2D eigenvalue weighted by atomic mass is 127. The first-order chi connectivity index (χ1) is 12.2. The van der Waals surface area contributed by atoms with E-state index in [1.807, 2.05) is 7.05 Å². The highest BCUT2D eigenvalue weighted by molar-refractivity contribution is 14.0. The summed E-state index contributed by atoms with van der Waals surface area (Å²) in [7, 11) is 1.87. The number of likely N-dealkylation sites (tertiary alicyclic amines) is 1. The van der Waals surface area contributed by atoms with Crippen molar-refractivity contribution in [3.8, 4) is 0 Å². The van der Waals surface area contributed by atoms with Crippen LogP contribution in [0.2, 0.25) is 0 Å². The maximum Gasteiger partial charge on any atom is 0.191 e. The number of guanidine groups is 1. The average molecular weight is 491 g/mol. The Hall–Kier alpha value is -0.410. The molecule has 1 aromatic rings. The topological polar surface area (TPSA) is 52.6 Å². The molecule has 1 saturated carbocycles. The van der Waals surface area contributed by atoms with Gasteiger partial charge in [-0.05, 0) is 39.5 Å². The lowest BCUT2D eigenvalue weighted by atomic mass is 10.0. The van der Waals surface area contributed by atoms with E-state index in [9.17, 15) is 0 Å². The molecule has 0 amide bonds. The van der Waals surface area contributed by atoms with Gasteiger partial charge in [0.25, 0.3) is 0 Å². The van der Waals surface area contributed by atoms with Gasteiger partial charge in [0.2, 0.25) is 0 Å². The smallest absolute Gasteiger partial charge is 0.191 e. The van der Waals surface area contributed by atoms with E-state index in [1.165, 1.54) is 62.2 Å². The fourth-order valence-corrected chi connectivity index (χ4v) is 5.10. The van der Waals surface area contributed by atoms with Crippen molar-refractivity contribution in [1.82, 2.24) is 20.5 Å². The summed E-state index contributed by atoms with van der Waals surface area (Å²) in [6.07, 6.45) is 9.15. The number of rotatable bonds is 5. The van der Waals surface area contributed by atoms with Crippen LogP contribution in [-0.4, -0.2) is 54.6 Å². The number of hydrogen-bond acceptors (Lipinski definition) is 4. The number of piperidine rings is 1. The van der Waals surface area contributed by atoms with Crippen LogP contribution in [-0.2, 0) is 6.42 Å². The maximum absolute atomic E-state index is 4.50. The number of aryl methyl sites for hydroxylation is 2. The largest absolute Gasteiger partial charge is 0.356 e. The molecule has 0 bridgehead atoms. The normalized spacial score (nSPS) is 20.2. The van der Waals surface area contributed by atoms with Gasteiger partial charge in [0.05, 0.1) is 10.7 Å². The third kappa shape index (κ3) is 6.05. The second-order valence-corrected chi connectivity index (χ2v) is 8.67. The van der Waals surface area contributed by atoms with Crippen LogP contribution in [0, 0.1) is 13.8 Å². The van der Waals surface area contributed by atoms with Gasteiger partial charge >= 0.3 is 0 Å². The Kier molecular flexibility index (Phi) is 9.09. The number of halogens is 1. The molecule has 1 aliphatic carbocycles. The molecule has 0 atom stereocenters. The van der Waals surface area contributed by atoms with Crippen LogP contribution in [0.15, 0.2) is 4.99 Å². The van der Waals surface area contributed by atoms with Crippen molar-refractivity contribution in [1.29, 1.82) is 0 Å². The highest BCUT2D eigenvalue weighted by Gasteiger charge is 2.27. The summed E-state index contributed by atoms with van der Waals surface area (Å²) in [5.74, 6) is 0.943. The lowest BCUT2D eigenvalue weighted by Gasteiger charge is -2.36. The minimum atomic E-state index is 0. The molecule has 0 radical (unpaired) electrons. The summed E-state index contributed by atoms with van der Waals surface area (Å²) < 4.78 is 0. The van der Waals surface area contributed by atoms with E-state index in [4.69, 9.17) is 0 Å². The summed E-state index contributed by atoms with van der Waals surface area (Å²) in [6.45, 7) is 7.55. The van der Waals surface area contributed by atoms with Gasteiger partial charge in [-0.25, -0.2) is 4.98 Å². The molecular formula is C19H34IN5S. The van der Waals surface area contributed by atoms with Crippen LogP contribution in [0.25, 0.3) is 0 Å². The lowest BCUT2D eigenvalue weighted by Crippen LogP contribution is -2.50. The van der Waals surface area contributed by atoms with Crippen molar-refractivity contribution in [2.75, 3.05) is 26.7 Å². The highest BCUT2D eigenvalue weighted by Crippen LogP contribution is 2.26. The van der Waals surface area contributed by atoms with E-state index in [0.717, 1.165) is 30.0 Å². The summed E-state index contributed by atoms with van der Waals surface area (Å²) >= 11 is 1.80. The molecule has 7 heteroatoms. The van der Waals surface area contributed by atoms with Gasteiger partial charge in [0.1, 0.15) is 0 Å². The molecule has 2 N–H and O–H groups in total. The Labute approximate surface area is 179 Å². The predicted molar refractivity (Wildman–Crippen MR) is 122 cm³/mol. The predicted octanol–water partition coefficient (Wildman–Crippen LogP) is 3.49. The third-order valence-corrected chi connectivity index (χ3v) is 6.71. The number of nitrogens with zero attached hydrogens (tertiary/aromatic N) is 3. The van der Waals surface area contributed by atoms with E-state index in [-0.39, 0.29) is 24.0 Å². The molecular weight excluding hydrogens is 457 g/mol. The van der Waals surface area contributed by atoms with Gasteiger partial charge in [-0.1, -0.05) is 12.8 Å². The quantitative estimate of drug-likeness (QED) is 0.376. The Morgan fingerprint density at radius 2 is 1.88 bits per heavy atom. The molecule has 0 aromatic carbocycles. The Morgan fingerprint density at radius 3 is 2.46 bits per heavy atom. The molecule has 0 spiro atoms. The van der Waals surface area contributed by atoms with Gasteiger partial charge in [-0.15, -0.1) is 35.3 Å². The van der Waals surface area contributed by atoms with E-state index < -0.39 is 0 Å². The van der Waals surface area contributed by atoms with Gasteiger partial charge in [-0.2, -0.15) is 0 Å². The van der Waals surface area contributed by atoms with Crippen LogP contribution >= 0.6 is 35.3 Å². The van der Waals surface area contributed by atoms with E-state index in [0.29, 0.717) is 6.04 Å². The van der Waals surface area contributed by atoms with Crippen LogP contribution < -0.4 is 10.6 Å². The number of aromatic nitrogens is 1. The second-order valence-electron chi connectivity index (χ2n) is 7.38. The lowest BCUT2D eigenvalue weighted by molar-refractivity contribution is 0.150. The van der Waals surface area contributed by atoms with E-state index in [2.05, 4.69) is 39.4 Å². The molecule has 2 aliphatic rings. The summed E-state index contributed by atoms with van der Waals surface area (Å²) in [6, 6.07) is 1.42. The second kappa shape index (κ2) is 10.8. The summed E-state index contributed by atoms with van der Waals surface area (Å²) in [5.41, 5.74) is 1.17. The minimum Gasteiger partial charge on any atom is -0.356 e. The number of hydrogen-bond donors (Lipinski definition) is 2.